The zero-order chi connectivity index (χ0) is 16.5. The minimum absolute atomic E-state index is 0.129. The van der Waals surface area contributed by atoms with Gasteiger partial charge in [-0.25, -0.2) is 4.39 Å². The number of hydrogen-bond donors (Lipinski definition) is 0. The number of benzene rings is 1. The van der Waals surface area contributed by atoms with Gasteiger partial charge in [-0.05, 0) is 42.9 Å². The number of unbranched alkanes of at least 4 members (excludes halogenated alkanes) is 2. The molecule has 0 heterocycles. The van der Waals surface area contributed by atoms with Gasteiger partial charge in [0.2, 0.25) is 0 Å². The first-order chi connectivity index (χ1) is 10.4. The molecule has 0 aliphatic rings. The van der Waals surface area contributed by atoms with E-state index in [1.807, 2.05) is 19.9 Å². The summed E-state index contributed by atoms with van der Waals surface area (Å²) in [6.45, 7) is 8.61. The van der Waals surface area contributed by atoms with Crippen molar-refractivity contribution >= 4 is 5.78 Å². The summed E-state index contributed by atoms with van der Waals surface area (Å²) in [7, 11) is 0. The lowest BCUT2D eigenvalue weighted by molar-refractivity contribution is -0.122. The number of Topliss-reactive ketones (excluding diaryl/α,β-unsaturated/α-hetero) is 1. The second-order valence-electron chi connectivity index (χ2n) is 6.68. The van der Waals surface area contributed by atoms with E-state index >= 15 is 0 Å². The molecule has 124 valence electrons. The summed E-state index contributed by atoms with van der Waals surface area (Å²) in [4.78, 5) is 11.5. The van der Waals surface area contributed by atoms with Crippen LogP contribution in [0.3, 0.4) is 0 Å². The summed E-state index contributed by atoms with van der Waals surface area (Å²) in [6.07, 6.45) is 4.37. The fourth-order valence-electron chi connectivity index (χ4n) is 2.21. The summed E-state index contributed by atoms with van der Waals surface area (Å²) in [5.41, 5.74) is 0.967. The monoisotopic (exact) mass is 308 g/mol. The highest BCUT2D eigenvalue weighted by Crippen LogP contribution is 2.19. The maximum absolute atomic E-state index is 13.6. The molecule has 0 aromatic heterocycles. The molecule has 0 aliphatic heterocycles. The van der Waals surface area contributed by atoms with Gasteiger partial charge in [0.15, 0.2) is 0 Å². The molecule has 0 saturated heterocycles. The van der Waals surface area contributed by atoms with Crippen LogP contribution < -0.4 is 4.74 Å². The van der Waals surface area contributed by atoms with E-state index in [4.69, 9.17) is 4.74 Å². The van der Waals surface area contributed by atoms with Crippen LogP contribution in [0.1, 0.15) is 58.9 Å². The van der Waals surface area contributed by atoms with Crippen LogP contribution in [-0.2, 0) is 11.2 Å². The van der Waals surface area contributed by atoms with E-state index in [0.29, 0.717) is 30.5 Å². The summed E-state index contributed by atoms with van der Waals surface area (Å²) in [5.74, 6) is 1.24. The Hall–Kier alpha value is -1.38. The molecular weight excluding hydrogens is 279 g/mol. The van der Waals surface area contributed by atoms with Crippen LogP contribution in [0, 0.1) is 17.7 Å². The minimum atomic E-state index is -0.244. The number of aryl methyl sites for hydroxylation is 1. The molecular formula is C19H29FO2. The third-order valence-electron chi connectivity index (χ3n) is 3.55. The first-order valence-corrected chi connectivity index (χ1v) is 8.33. The van der Waals surface area contributed by atoms with Gasteiger partial charge in [0, 0.05) is 18.4 Å². The summed E-state index contributed by atoms with van der Waals surface area (Å²) in [5, 5.41) is 0. The highest BCUT2D eigenvalue weighted by Gasteiger charge is 2.07. The smallest absolute Gasteiger partial charge is 0.135 e. The molecule has 0 N–H and O–H groups in total. The Morgan fingerprint density at radius 1 is 1.09 bits per heavy atom. The predicted molar refractivity (Wildman–Crippen MR) is 88.8 cm³/mol. The van der Waals surface area contributed by atoms with Crippen molar-refractivity contribution in [3.63, 3.8) is 0 Å². The van der Waals surface area contributed by atoms with Gasteiger partial charge in [-0.3, -0.25) is 4.79 Å². The number of hydrogen-bond acceptors (Lipinski definition) is 2. The van der Waals surface area contributed by atoms with E-state index in [9.17, 15) is 9.18 Å². The molecule has 0 saturated carbocycles. The molecule has 22 heavy (non-hydrogen) atoms. The third-order valence-corrected chi connectivity index (χ3v) is 3.55. The van der Waals surface area contributed by atoms with Crippen LogP contribution in [-0.4, -0.2) is 12.4 Å². The highest BCUT2D eigenvalue weighted by atomic mass is 19.1. The minimum Gasteiger partial charge on any atom is -0.493 e. The molecule has 1 aromatic carbocycles. The van der Waals surface area contributed by atoms with Gasteiger partial charge in [-0.1, -0.05) is 34.1 Å². The second kappa shape index (κ2) is 9.60. The first kappa shape index (κ1) is 18.7. The summed E-state index contributed by atoms with van der Waals surface area (Å²) in [6, 6.07) is 4.93. The van der Waals surface area contributed by atoms with Gasteiger partial charge in [0.05, 0.1) is 6.61 Å². The van der Waals surface area contributed by atoms with Crippen LogP contribution in [0.2, 0.25) is 0 Å². The second-order valence-corrected chi connectivity index (χ2v) is 6.68. The Balaban J connectivity index is 2.37. The number of rotatable bonds is 10. The molecule has 0 spiro atoms. The Bertz CT molecular complexity index is 467. The number of ether oxygens (including phenoxy) is 1. The van der Waals surface area contributed by atoms with Crippen molar-refractivity contribution < 1.29 is 13.9 Å². The van der Waals surface area contributed by atoms with E-state index < -0.39 is 0 Å². The molecule has 0 amide bonds. The molecule has 0 fully saturated rings. The Morgan fingerprint density at radius 3 is 2.45 bits per heavy atom. The van der Waals surface area contributed by atoms with Gasteiger partial charge in [0.1, 0.15) is 17.3 Å². The van der Waals surface area contributed by atoms with Crippen molar-refractivity contribution in [2.75, 3.05) is 6.61 Å². The van der Waals surface area contributed by atoms with Crippen LogP contribution in [0.25, 0.3) is 0 Å². The quantitative estimate of drug-likeness (QED) is 0.556. The van der Waals surface area contributed by atoms with E-state index in [1.165, 1.54) is 6.07 Å². The van der Waals surface area contributed by atoms with Crippen LogP contribution in [0.4, 0.5) is 4.39 Å². The molecule has 0 unspecified atom stereocenters. The number of halogens is 1. The lowest BCUT2D eigenvalue weighted by atomic mass is 10.0. The molecule has 0 atom stereocenters. The van der Waals surface area contributed by atoms with Crippen molar-refractivity contribution in [3.05, 3.63) is 29.6 Å². The molecule has 1 aromatic rings. The highest BCUT2D eigenvalue weighted by molar-refractivity contribution is 5.80. The van der Waals surface area contributed by atoms with Crippen molar-refractivity contribution in [1.29, 1.82) is 0 Å². The van der Waals surface area contributed by atoms with Crippen molar-refractivity contribution in [2.45, 2.75) is 59.8 Å². The number of carbonyl (C=O) groups excluding carboxylic acids is 1. The average molecular weight is 308 g/mol. The molecule has 0 radical (unpaired) electrons. The Morgan fingerprint density at radius 2 is 1.82 bits per heavy atom. The molecule has 3 heteroatoms. The Labute approximate surface area is 134 Å². The maximum atomic E-state index is 13.6. The van der Waals surface area contributed by atoms with E-state index in [1.54, 1.807) is 6.07 Å². The van der Waals surface area contributed by atoms with Crippen LogP contribution in [0.5, 0.6) is 5.75 Å². The van der Waals surface area contributed by atoms with Crippen LogP contribution in [0.15, 0.2) is 18.2 Å². The zero-order valence-electron chi connectivity index (χ0n) is 14.3. The predicted octanol–water partition coefficient (Wildman–Crippen LogP) is 5.19. The first-order valence-electron chi connectivity index (χ1n) is 8.33. The van der Waals surface area contributed by atoms with Crippen molar-refractivity contribution in [1.82, 2.24) is 0 Å². The van der Waals surface area contributed by atoms with Gasteiger partial charge >= 0.3 is 0 Å². The average Bonchev–Trinajstić information content (AvgIpc) is 2.44. The number of carbonyl (C=O) groups is 1. The zero-order valence-corrected chi connectivity index (χ0v) is 14.3. The van der Waals surface area contributed by atoms with Gasteiger partial charge < -0.3 is 4.74 Å². The van der Waals surface area contributed by atoms with Gasteiger partial charge in [0.25, 0.3) is 0 Å². The van der Waals surface area contributed by atoms with Gasteiger partial charge in [-0.15, -0.1) is 0 Å². The maximum Gasteiger partial charge on any atom is 0.135 e. The fraction of sp³-hybridized carbons (Fsp3) is 0.632. The normalized spacial score (nSPS) is 11.2. The Kier molecular flexibility index (Phi) is 8.15. The summed E-state index contributed by atoms with van der Waals surface area (Å²) < 4.78 is 19.2. The van der Waals surface area contributed by atoms with Crippen molar-refractivity contribution in [2.24, 2.45) is 11.8 Å². The molecule has 0 aliphatic carbocycles. The largest absolute Gasteiger partial charge is 0.493 e. The lowest BCUT2D eigenvalue weighted by Gasteiger charge is -2.10. The SMILES string of the molecule is CC(C)COc1cc(F)cc(CCCCCC(=O)C(C)C)c1. The molecule has 2 nitrogen and oxygen atoms in total. The van der Waals surface area contributed by atoms with Crippen LogP contribution >= 0.6 is 0 Å². The molecule has 0 bridgehead atoms. The lowest BCUT2D eigenvalue weighted by Crippen LogP contribution is -2.06. The fourth-order valence-corrected chi connectivity index (χ4v) is 2.21. The number of ketones is 1. The van der Waals surface area contributed by atoms with Gasteiger partial charge in [-0.2, -0.15) is 0 Å². The van der Waals surface area contributed by atoms with E-state index in [-0.39, 0.29) is 11.7 Å². The topological polar surface area (TPSA) is 26.3 Å². The third kappa shape index (κ3) is 7.58. The molecule has 1 rings (SSSR count). The van der Waals surface area contributed by atoms with E-state index in [0.717, 1.165) is 31.2 Å². The standard InChI is InChI=1S/C19H29FO2/c1-14(2)13-22-18-11-16(10-17(20)12-18)8-6-5-7-9-19(21)15(3)4/h10-12,14-15H,5-9,13H2,1-4H3. The summed E-state index contributed by atoms with van der Waals surface area (Å²) >= 11 is 0. The van der Waals surface area contributed by atoms with E-state index in [2.05, 4.69) is 13.8 Å². The van der Waals surface area contributed by atoms with Crippen molar-refractivity contribution in [3.8, 4) is 5.75 Å².